The van der Waals surface area contributed by atoms with Crippen molar-refractivity contribution in [1.82, 2.24) is 4.90 Å². The quantitative estimate of drug-likeness (QED) is 0.782. The molecule has 0 N–H and O–H groups in total. The molecule has 0 spiro atoms. The van der Waals surface area contributed by atoms with Crippen molar-refractivity contribution in [3.8, 4) is 11.5 Å². The molecule has 3 rings (SSSR count). The average Bonchev–Trinajstić information content (AvgIpc) is 3.13. The number of rotatable bonds is 5. The summed E-state index contributed by atoms with van der Waals surface area (Å²) in [7, 11) is 0. The summed E-state index contributed by atoms with van der Waals surface area (Å²) in [5, 5.41) is 0. The number of fused-ring (bicyclic) bond motifs is 1. The average molecular weight is 312 g/mol. The maximum Gasteiger partial charge on any atom is 0.231 e. The number of carbonyl (C=O) groups is 1. The topological polar surface area (TPSA) is 38.8 Å². The van der Waals surface area contributed by atoms with Crippen molar-refractivity contribution in [2.24, 2.45) is 0 Å². The molecular formula is C16H22ClNO3. The van der Waals surface area contributed by atoms with Crippen LogP contribution < -0.4 is 9.47 Å². The van der Waals surface area contributed by atoms with Gasteiger partial charge in [-0.2, -0.15) is 0 Å². The summed E-state index contributed by atoms with van der Waals surface area (Å²) in [6.07, 6.45) is 4.36. The molecule has 0 bridgehead atoms. The first-order valence-electron chi connectivity index (χ1n) is 7.47. The number of hydrogen-bond donors (Lipinski definition) is 0. The lowest BCUT2D eigenvalue weighted by atomic mass is 9.99. The van der Waals surface area contributed by atoms with Gasteiger partial charge in [-0.3, -0.25) is 9.69 Å². The van der Waals surface area contributed by atoms with Crippen LogP contribution in [0.1, 0.15) is 43.0 Å². The largest absolute Gasteiger partial charge is 0.454 e. The predicted octanol–water partition coefficient (Wildman–Crippen LogP) is 3.28. The molecule has 116 valence electrons. The van der Waals surface area contributed by atoms with Gasteiger partial charge >= 0.3 is 0 Å². The van der Waals surface area contributed by atoms with Gasteiger partial charge in [0.1, 0.15) is 0 Å². The summed E-state index contributed by atoms with van der Waals surface area (Å²) in [6, 6.07) is 5.53. The Labute approximate surface area is 131 Å². The monoisotopic (exact) mass is 311 g/mol. The Morgan fingerprint density at radius 3 is 2.67 bits per heavy atom. The molecule has 2 aliphatic heterocycles. The van der Waals surface area contributed by atoms with Crippen molar-refractivity contribution in [1.29, 1.82) is 0 Å². The van der Waals surface area contributed by atoms with Crippen molar-refractivity contribution < 1.29 is 14.3 Å². The molecule has 1 aromatic rings. The molecule has 0 aliphatic carbocycles. The van der Waals surface area contributed by atoms with E-state index in [4.69, 9.17) is 9.47 Å². The van der Waals surface area contributed by atoms with Gasteiger partial charge in [-0.05, 0) is 50.6 Å². The summed E-state index contributed by atoms with van der Waals surface area (Å²) in [5.41, 5.74) is 0.736. The number of carbonyl (C=O) groups excluding carboxylic acids is 1. The maximum absolute atomic E-state index is 12.8. The van der Waals surface area contributed by atoms with E-state index >= 15 is 0 Å². The summed E-state index contributed by atoms with van der Waals surface area (Å²) in [4.78, 5) is 15.1. The minimum absolute atomic E-state index is 0. The normalized spacial score (nSPS) is 18.3. The SMILES string of the molecule is CCC[C@@H](C(=O)c1ccc2c(c1)OCO2)N1CCCC1.Cl. The van der Waals surface area contributed by atoms with E-state index in [-0.39, 0.29) is 31.0 Å². The Bertz CT molecular complexity index is 500. The van der Waals surface area contributed by atoms with Gasteiger partial charge < -0.3 is 9.47 Å². The maximum atomic E-state index is 12.8. The van der Waals surface area contributed by atoms with Gasteiger partial charge in [0.05, 0.1) is 6.04 Å². The molecular weight excluding hydrogens is 290 g/mol. The van der Waals surface area contributed by atoms with E-state index in [0.29, 0.717) is 5.75 Å². The summed E-state index contributed by atoms with van der Waals surface area (Å²) >= 11 is 0. The van der Waals surface area contributed by atoms with Gasteiger partial charge in [0, 0.05) is 5.56 Å². The lowest BCUT2D eigenvalue weighted by Crippen LogP contribution is -2.39. The Hall–Kier alpha value is -1.26. The summed E-state index contributed by atoms with van der Waals surface area (Å²) < 4.78 is 10.7. The smallest absolute Gasteiger partial charge is 0.231 e. The van der Waals surface area contributed by atoms with Crippen LogP contribution in [0.3, 0.4) is 0 Å². The van der Waals surface area contributed by atoms with E-state index in [9.17, 15) is 4.79 Å². The Morgan fingerprint density at radius 1 is 1.24 bits per heavy atom. The van der Waals surface area contributed by atoms with Gasteiger partial charge in [-0.1, -0.05) is 13.3 Å². The third-order valence-electron chi connectivity index (χ3n) is 4.10. The first-order chi connectivity index (χ1) is 9.79. The fourth-order valence-corrected chi connectivity index (χ4v) is 3.05. The number of ketones is 1. The van der Waals surface area contributed by atoms with Crippen LogP contribution in [0.25, 0.3) is 0 Å². The number of Topliss-reactive ketones (excluding diaryl/α,β-unsaturated/α-hetero) is 1. The van der Waals surface area contributed by atoms with E-state index in [1.54, 1.807) is 0 Å². The van der Waals surface area contributed by atoms with Gasteiger partial charge in [0.2, 0.25) is 6.79 Å². The molecule has 0 unspecified atom stereocenters. The van der Waals surface area contributed by atoms with Crippen LogP contribution in [0.2, 0.25) is 0 Å². The number of likely N-dealkylation sites (tertiary alicyclic amines) is 1. The zero-order valence-electron chi connectivity index (χ0n) is 12.3. The number of nitrogens with zero attached hydrogens (tertiary/aromatic N) is 1. The van der Waals surface area contributed by atoms with E-state index in [0.717, 1.165) is 37.2 Å². The summed E-state index contributed by atoms with van der Waals surface area (Å²) in [6.45, 7) is 4.47. The van der Waals surface area contributed by atoms with Crippen LogP contribution in [-0.4, -0.2) is 36.6 Å². The second-order valence-corrected chi connectivity index (χ2v) is 5.48. The predicted molar refractivity (Wildman–Crippen MR) is 83.6 cm³/mol. The summed E-state index contributed by atoms with van der Waals surface area (Å²) in [5.74, 6) is 1.63. The van der Waals surface area contributed by atoms with Crippen molar-refractivity contribution in [2.75, 3.05) is 19.9 Å². The van der Waals surface area contributed by atoms with Gasteiger partial charge in [-0.15, -0.1) is 12.4 Å². The van der Waals surface area contributed by atoms with Crippen LogP contribution in [0.15, 0.2) is 18.2 Å². The van der Waals surface area contributed by atoms with Crippen LogP contribution in [0.5, 0.6) is 11.5 Å². The fourth-order valence-electron chi connectivity index (χ4n) is 3.05. The Morgan fingerprint density at radius 2 is 1.95 bits per heavy atom. The zero-order chi connectivity index (χ0) is 13.9. The highest BCUT2D eigenvalue weighted by Crippen LogP contribution is 2.33. The van der Waals surface area contributed by atoms with Crippen molar-refractivity contribution in [2.45, 2.75) is 38.6 Å². The fraction of sp³-hybridized carbons (Fsp3) is 0.562. The first kappa shape index (κ1) is 16.1. The number of halogens is 1. The third-order valence-corrected chi connectivity index (χ3v) is 4.10. The molecule has 1 saturated heterocycles. The Kier molecular flexibility index (Phi) is 5.48. The van der Waals surface area contributed by atoms with Crippen LogP contribution >= 0.6 is 12.4 Å². The van der Waals surface area contributed by atoms with E-state index in [1.807, 2.05) is 18.2 Å². The minimum atomic E-state index is 0. The molecule has 0 radical (unpaired) electrons. The highest BCUT2D eigenvalue weighted by Gasteiger charge is 2.29. The van der Waals surface area contributed by atoms with E-state index in [1.165, 1.54) is 12.8 Å². The zero-order valence-corrected chi connectivity index (χ0v) is 13.2. The minimum Gasteiger partial charge on any atom is -0.454 e. The lowest BCUT2D eigenvalue weighted by molar-refractivity contribution is 0.0836. The number of ether oxygens (including phenoxy) is 2. The number of benzene rings is 1. The van der Waals surface area contributed by atoms with Crippen molar-refractivity contribution in [3.05, 3.63) is 23.8 Å². The molecule has 2 heterocycles. The molecule has 2 aliphatic rings. The Balaban J connectivity index is 0.00000161. The van der Waals surface area contributed by atoms with E-state index in [2.05, 4.69) is 11.8 Å². The second kappa shape index (κ2) is 7.14. The molecule has 21 heavy (non-hydrogen) atoms. The molecule has 1 fully saturated rings. The van der Waals surface area contributed by atoms with Gasteiger partial charge in [-0.25, -0.2) is 0 Å². The van der Waals surface area contributed by atoms with Gasteiger partial charge in [0.15, 0.2) is 17.3 Å². The standard InChI is InChI=1S/C16H21NO3.ClH/c1-2-5-13(17-8-3-4-9-17)16(18)12-6-7-14-15(10-12)20-11-19-14;/h6-7,10,13H,2-5,8-9,11H2,1H3;1H/t13-;/m0./s1. The third kappa shape index (κ3) is 3.33. The lowest BCUT2D eigenvalue weighted by Gasteiger charge is -2.26. The van der Waals surface area contributed by atoms with E-state index < -0.39 is 0 Å². The van der Waals surface area contributed by atoms with Crippen LogP contribution in [0, 0.1) is 0 Å². The number of hydrogen-bond acceptors (Lipinski definition) is 4. The second-order valence-electron chi connectivity index (χ2n) is 5.48. The molecule has 1 aromatic carbocycles. The molecule has 0 aromatic heterocycles. The first-order valence-corrected chi connectivity index (χ1v) is 7.47. The molecule has 4 nitrogen and oxygen atoms in total. The highest BCUT2D eigenvalue weighted by atomic mass is 35.5. The van der Waals surface area contributed by atoms with Crippen LogP contribution in [-0.2, 0) is 0 Å². The van der Waals surface area contributed by atoms with Crippen molar-refractivity contribution >= 4 is 18.2 Å². The van der Waals surface area contributed by atoms with Crippen molar-refractivity contribution in [3.63, 3.8) is 0 Å². The highest BCUT2D eigenvalue weighted by molar-refractivity contribution is 6.00. The van der Waals surface area contributed by atoms with Crippen LogP contribution in [0.4, 0.5) is 0 Å². The molecule has 0 saturated carbocycles. The molecule has 1 atom stereocenters. The molecule has 0 amide bonds. The van der Waals surface area contributed by atoms with Gasteiger partial charge in [0.25, 0.3) is 0 Å². The molecule has 5 heteroatoms.